The number of likely N-dealkylation sites (tertiary alicyclic amines) is 1. The van der Waals surface area contributed by atoms with Crippen LogP contribution in [-0.2, 0) is 23.1 Å². The maximum absolute atomic E-state index is 13.3. The molecule has 4 rings (SSSR count). The molecule has 0 unspecified atom stereocenters. The quantitative estimate of drug-likeness (QED) is 0.760. The van der Waals surface area contributed by atoms with Gasteiger partial charge in [-0.2, -0.15) is 0 Å². The van der Waals surface area contributed by atoms with Crippen molar-refractivity contribution in [2.45, 2.75) is 62.9 Å². The Kier molecular flexibility index (Phi) is 6.14. The summed E-state index contributed by atoms with van der Waals surface area (Å²) in [6.07, 6.45) is 9.86. The molecule has 2 aliphatic heterocycles. The van der Waals surface area contributed by atoms with E-state index in [0.29, 0.717) is 30.7 Å². The summed E-state index contributed by atoms with van der Waals surface area (Å²) in [6, 6.07) is 7.78. The Hall–Kier alpha value is -2.34. The highest BCUT2D eigenvalue weighted by molar-refractivity contribution is 6.30. The number of nitrogens with zero attached hydrogens (tertiary/aromatic N) is 3. The van der Waals surface area contributed by atoms with Gasteiger partial charge in [0.25, 0.3) is 0 Å². The minimum Gasteiger partial charge on any atom is -0.350 e. The molecule has 30 heavy (non-hydrogen) atoms. The third-order valence-corrected chi connectivity index (χ3v) is 6.74. The zero-order chi connectivity index (χ0) is 21.1. The molecule has 1 N–H and O–H groups in total. The summed E-state index contributed by atoms with van der Waals surface area (Å²) in [5.41, 5.74) is 0.757. The minimum absolute atomic E-state index is 0.0386. The molecule has 2 amide bonds. The molecular weight excluding hydrogens is 400 g/mol. The zero-order valence-corrected chi connectivity index (χ0v) is 18.2. The van der Waals surface area contributed by atoms with Gasteiger partial charge in [-0.15, -0.1) is 0 Å². The maximum atomic E-state index is 13.3. The number of benzene rings is 1. The molecule has 0 spiro atoms. The molecule has 2 saturated heterocycles. The number of nitrogens with one attached hydrogen (secondary N) is 1. The Morgan fingerprint density at radius 2 is 2.10 bits per heavy atom. The maximum Gasteiger partial charge on any atom is 0.223 e. The first-order valence-corrected chi connectivity index (χ1v) is 11.2. The van der Waals surface area contributed by atoms with E-state index >= 15 is 0 Å². The van der Waals surface area contributed by atoms with Crippen molar-refractivity contribution in [2.75, 3.05) is 6.54 Å². The molecule has 7 heteroatoms. The van der Waals surface area contributed by atoms with Gasteiger partial charge in [0, 0.05) is 49.4 Å². The number of piperidine rings is 1. The molecule has 0 saturated carbocycles. The third-order valence-electron chi connectivity index (χ3n) is 6.49. The lowest BCUT2D eigenvalue weighted by Gasteiger charge is -2.36. The van der Waals surface area contributed by atoms with Crippen LogP contribution in [0.1, 0.15) is 62.4 Å². The van der Waals surface area contributed by atoms with E-state index < -0.39 is 0 Å². The molecule has 2 fully saturated rings. The van der Waals surface area contributed by atoms with E-state index in [1.54, 1.807) is 6.20 Å². The molecule has 1 aromatic heterocycles. The molecule has 0 radical (unpaired) electrons. The third kappa shape index (κ3) is 4.53. The molecule has 2 aromatic rings. The second-order valence-corrected chi connectivity index (χ2v) is 9.06. The Morgan fingerprint density at radius 3 is 2.77 bits per heavy atom. The van der Waals surface area contributed by atoms with Crippen LogP contribution in [0.15, 0.2) is 36.7 Å². The number of imidazole rings is 1. The molecule has 0 aliphatic carbocycles. The lowest BCUT2D eigenvalue weighted by atomic mass is 9.84. The molecule has 1 aromatic carbocycles. The average Bonchev–Trinajstić information content (AvgIpc) is 3.34. The van der Waals surface area contributed by atoms with Crippen LogP contribution in [0.5, 0.6) is 0 Å². The largest absolute Gasteiger partial charge is 0.350 e. The standard InChI is InChI=1S/C23H29ClN4O2/c1-27-15-13-25-22(27)19-4-2-3-14-28(19)21(30)10-12-23(11-9-20(29)26-23)16-17-5-7-18(24)8-6-17/h5-8,13,15,19H,2-4,9-12,14,16H2,1H3,(H,26,29)/t19-,23-/m0/s1. The highest BCUT2D eigenvalue weighted by Crippen LogP contribution is 2.33. The number of hydrogen-bond acceptors (Lipinski definition) is 3. The topological polar surface area (TPSA) is 67.2 Å². The Morgan fingerprint density at radius 1 is 1.30 bits per heavy atom. The molecular formula is C23H29ClN4O2. The van der Waals surface area contributed by atoms with Crippen LogP contribution >= 0.6 is 11.6 Å². The van der Waals surface area contributed by atoms with Gasteiger partial charge in [0.2, 0.25) is 11.8 Å². The summed E-state index contributed by atoms with van der Waals surface area (Å²) < 4.78 is 2.01. The molecule has 3 heterocycles. The minimum atomic E-state index is -0.366. The number of halogens is 1. The zero-order valence-electron chi connectivity index (χ0n) is 17.4. The fourth-order valence-corrected chi connectivity index (χ4v) is 4.99. The average molecular weight is 429 g/mol. The van der Waals surface area contributed by atoms with E-state index in [2.05, 4.69) is 10.3 Å². The van der Waals surface area contributed by atoms with Crippen LogP contribution in [0.4, 0.5) is 0 Å². The predicted octanol–water partition coefficient (Wildman–Crippen LogP) is 3.80. The van der Waals surface area contributed by atoms with Crippen molar-refractivity contribution in [3.05, 3.63) is 53.1 Å². The van der Waals surface area contributed by atoms with Gasteiger partial charge in [-0.3, -0.25) is 9.59 Å². The van der Waals surface area contributed by atoms with Gasteiger partial charge < -0.3 is 14.8 Å². The van der Waals surface area contributed by atoms with Crippen molar-refractivity contribution in [1.82, 2.24) is 19.8 Å². The van der Waals surface area contributed by atoms with Crippen LogP contribution in [0.2, 0.25) is 5.02 Å². The first-order valence-electron chi connectivity index (χ1n) is 10.8. The van der Waals surface area contributed by atoms with Crippen molar-refractivity contribution in [3.63, 3.8) is 0 Å². The number of aromatic nitrogens is 2. The lowest BCUT2D eigenvalue weighted by molar-refractivity contribution is -0.136. The molecule has 0 bridgehead atoms. The summed E-state index contributed by atoms with van der Waals surface area (Å²) in [5, 5.41) is 3.88. The normalized spacial score (nSPS) is 24.1. The monoisotopic (exact) mass is 428 g/mol. The SMILES string of the molecule is Cn1ccnc1[C@@H]1CCCCN1C(=O)CC[C@]1(Cc2ccc(Cl)cc2)CCC(=O)N1. The number of aryl methyl sites for hydroxylation is 1. The van der Waals surface area contributed by atoms with Gasteiger partial charge in [-0.05, 0) is 56.2 Å². The molecule has 2 aliphatic rings. The van der Waals surface area contributed by atoms with Crippen molar-refractivity contribution in [2.24, 2.45) is 7.05 Å². The highest BCUT2D eigenvalue weighted by atomic mass is 35.5. The van der Waals surface area contributed by atoms with Crippen LogP contribution < -0.4 is 5.32 Å². The van der Waals surface area contributed by atoms with Crippen LogP contribution in [-0.4, -0.2) is 38.3 Å². The first-order chi connectivity index (χ1) is 14.5. The number of carbonyl (C=O) groups is 2. The Balaban J connectivity index is 1.46. The van der Waals surface area contributed by atoms with Gasteiger partial charge in [-0.1, -0.05) is 23.7 Å². The van der Waals surface area contributed by atoms with Gasteiger partial charge in [-0.25, -0.2) is 4.98 Å². The summed E-state index contributed by atoms with van der Waals surface area (Å²) in [5.74, 6) is 1.17. The number of carbonyl (C=O) groups excluding carboxylic acids is 2. The summed E-state index contributed by atoms with van der Waals surface area (Å²) in [6.45, 7) is 0.771. The predicted molar refractivity (Wildman–Crippen MR) is 116 cm³/mol. The van der Waals surface area contributed by atoms with Crippen LogP contribution in [0.25, 0.3) is 0 Å². The fraction of sp³-hybridized carbons (Fsp3) is 0.522. The van der Waals surface area contributed by atoms with E-state index in [9.17, 15) is 9.59 Å². The van der Waals surface area contributed by atoms with Crippen molar-refractivity contribution in [1.29, 1.82) is 0 Å². The first kappa shape index (κ1) is 20.9. The molecule has 2 atom stereocenters. The van der Waals surface area contributed by atoms with E-state index in [-0.39, 0.29) is 23.4 Å². The molecule has 160 valence electrons. The summed E-state index contributed by atoms with van der Waals surface area (Å²) in [7, 11) is 1.98. The van der Waals surface area contributed by atoms with E-state index in [4.69, 9.17) is 11.6 Å². The van der Waals surface area contributed by atoms with Crippen molar-refractivity contribution in [3.8, 4) is 0 Å². The van der Waals surface area contributed by atoms with Crippen LogP contribution in [0, 0.1) is 0 Å². The van der Waals surface area contributed by atoms with Gasteiger partial charge in [0.15, 0.2) is 0 Å². The Bertz CT molecular complexity index is 910. The van der Waals surface area contributed by atoms with E-state index in [0.717, 1.165) is 43.6 Å². The smallest absolute Gasteiger partial charge is 0.223 e. The van der Waals surface area contributed by atoms with Crippen molar-refractivity contribution >= 4 is 23.4 Å². The van der Waals surface area contributed by atoms with Crippen LogP contribution in [0.3, 0.4) is 0 Å². The second kappa shape index (κ2) is 8.80. The summed E-state index contributed by atoms with van der Waals surface area (Å²) >= 11 is 6.02. The lowest BCUT2D eigenvalue weighted by Crippen LogP contribution is -2.46. The fourth-order valence-electron chi connectivity index (χ4n) is 4.86. The second-order valence-electron chi connectivity index (χ2n) is 8.63. The highest BCUT2D eigenvalue weighted by Gasteiger charge is 2.39. The number of hydrogen-bond donors (Lipinski definition) is 1. The number of amides is 2. The van der Waals surface area contributed by atoms with E-state index in [1.807, 2.05) is 47.0 Å². The van der Waals surface area contributed by atoms with Crippen molar-refractivity contribution < 1.29 is 9.59 Å². The summed E-state index contributed by atoms with van der Waals surface area (Å²) in [4.78, 5) is 31.8. The van der Waals surface area contributed by atoms with E-state index in [1.165, 1.54) is 0 Å². The van der Waals surface area contributed by atoms with Gasteiger partial charge >= 0.3 is 0 Å². The molecule has 6 nitrogen and oxygen atoms in total. The number of rotatable bonds is 6. The van der Waals surface area contributed by atoms with Gasteiger partial charge in [0.05, 0.1) is 6.04 Å². The van der Waals surface area contributed by atoms with Gasteiger partial charge in [0.1, 0.15) is 5.82 Å². The Labute approximate surface area is 182 Å².